The third kappa shape index (κ3) is 2.71. The van der Waals surface area contributed by atoms with E-state index in [0.717, 1.165) is 29.9 Å². The van der Waals surface area contributed by atoms with Crippen molar-refractivity contribution in [1.29, 1.82) is 0 Å². The van der Waals surface area contributed by atoms with Crippen molar-refractivity contribution in [2.75, 3.05) is 20.6 Å². The maximum atomic E-state index is 4.27. The van der Waals surface area contributed by atoms with E-state index < -0.39 is 0 Å². The molecule has 1 aromatic carbocycles. The Morgan fingerprint density at radius 3 is 2.65 bits per heavy atom. The van der Waals surface area contributed by atoms with Crippen LogP contribution in [0.4, 0.5) is 0 Å². The van der Waals surface area contributed by atoms with Crippen molar-refractivity contribution in [3.05, 3.63) is 35.5 Å². The summed E-state index contributed by atoms with van der Waals surface area (Å²) >= 11 is 0. The van der Waals surface area contributed by atoms with Crippen LogP contribution in [-0.4, -0.2) is 41.0 Å². The van der Waals surface area contributed by atoms with E-state index in [-0.39, 0.29) is 0 Å². The molecule has 90 valence electrons. The van der Waals surface area contributed by atoms with E-state index in [1.807, 2.05) is 12.1 Å². The molecular weight excluding hydrogens is 212 g/mol. The zero-order valence-electron chi connectivity index (χ0n) is 10.6. The molecule has 0 fully saturated rings. The second kappa shape index (κ2) is 5.10. The van der Waals surface area contributed by atoms with Gasteiger partial charge in [0.05, 0.1) is 5.69 Å². The van der Waals surface area contributed by atoms with Crippen LogP contribution in [0.3, 0.4) is 0 Å². The number of hydrogen-bond acceptors (Lipinski definition) is 3. The van der Waals surface area contributed by atoms with E-state index in [9.17, 15) is 0 Å². The molecule has 0 spiro atoms. The van der Waals surface area contributed by atoms with Crippen LogP contribution < -0.4 is 0 Å². The van der Waals surface area contributed by atoms with Crippen molar-refractivity contribution in [3.63, 3.8) is 0 Å². The minimum atomic E-state index is 0.910. The van der Waals surface area contributed by atoms with Gasteiger partial charge in [-0.05, 0) is 26.6 Å². The Morgan fingerprint density at radius 2 is 1.94 bits per heavy atom. The highest BCUT2D eigenvalue weighted by Crippen LogP contribution is 2.23. The van der Waals surface area contributed by atoms with Crippen molar-refractivity contribution in [3.8, 4) is 11.3 Å². The SMILES string of the molecule is Cc1ccccc1-c1n[nH]nc1CCN(C)C. The molecule has 0 unspecified atom stereocenters. The lowest BCUT2D eigenvalue weighted by Gasteiger charge is -2.08. The number of rotatable bonds is 4. The number of aromatic amines is 1. The van der Waals surface area contributed by atoms with Crippen molar-refractivity contribution >= 4 is 0 Å². The van der Waals surface area contributed by atoms with Gasteiger partial charge in [0, 0.05) is 18.5 Å². The molecule has 0 atom stereocenters. The van der Waals surface area contributed by atoms with Crippen molar-refractivity contribution in [1.82, 2.24) is 20.3 Å². The molecule has 4 heteroatoms. The zero-order valence-corrected chi connectivity index (χ0v) is 10.6. The van der Waals surface area contributed by atoms with E-state index in [1.54, 1.807) is 0 Å². The fourth-order valence-electron chi connectivity index (χ4n) is 1.81. The number of aromatic nitrogens is 3. The topological polar surface area (TPSA) is 44.8 Å². The van der Waals surface area contributed by atoms with Gasteiger partial charge < -0.3 is 4.90 Å². The fraction of sp³-hybridized carbons (Fsp3) is 0.385. The van der Waals surface area contributed by atoms with Crippen LogP contribution in [0.1, 0.15) is 11.3 Å². The van der Waals surface area contributed by atoms with Gasteiger partial charge in [-0.25, -0.2) is 0 Å². The Bertz CT molecular complexity index is 488. The highest BCUT2D eigenvalue weighted by molar-refractivity contribution is 5.65. The summed E-state index contributed by atoms with van der Waals surface area (Å²) in [6.45, 7) is 3.07. The first-order valence-electron chi connectivity index (χ1n) is 5.79. The van der Waals surface area contributed by atoms with Crippen LogP contribution in [0.25, 0.3) is 11.3 Å². The molecule has 2 aromatic rings. The maximum Gasteiger partial charge on any atom is 0.116 e. The summed E-state index contributed by atoms with van der Waals surface area (Å²) in [6, 6.07) is 8.26. The van der Waals surface area contributed by atoms with Crippen molar-refractivity contribution in [2.24, 2.45) is 0 Å². The largest absolute Gasteiger partial charge is 0.309 e. The summed E-state index contributed by atoms with van der Waals surface area (Å²) in [7, 11) is 4.13. The predicted octanol–water partition coefficient (Wildman–Crippen LogP) is 1.88. The summed E-state index contributed by atoms with van der Waals surface area (Å²) in [5.74, 6) is 0. The van der Waals surface area contributed by atoms with Gasteiger partial charge in [0.1, 0.15) is 5.69 Å². The molecule has 4 nitrogen and oxygen atoms in total. The lowest BCUT2D eigenvalue weighted by atomic mass is 10.0. The van der Waals surface area contributed by atoms with Gasteiger partial charge in [-0.1, -0.05) is 24.3 Å². The summed E-state index contributed by atoms with van der Waals surface area (Å²) in [5.41, 5.74) is 4.40. The smallest absolute Gasteiger partial charge is 0.116 e. The monoisotopic (exact) mass is 230 g/mol. The Hall–Kier alpha value is -1.68. The molecule has 0 aliphatic heterocycles. The third-order valence-electron chi connectivity index (χ3n) is 2.82. The number of likely N-dealkylation sites (N-methyl/N-ethyl adjacent to an activating group) is 1. The van der Waals surface area contributed by atoms with E-state index >= 15 is 0 Å². The molecule has 1 N–H and O–H groups in total. The maximum absolute atomic E-state index is 4.27. The molecule has 17 heavy (non-hydrogen) atoms. The molecule has 0 aliphatic rings. The molecule has 0 radical (unpaired) electrons. The Kier molecular flexibility index (Phi) is 3.54. The Morgan fingerprint density at radius 1 is 1.18 bits per heavy atom. The standard InChI is InChI=1S/C13H18N4/c1-10-6-4-5-7-11(10)13-12(14-16-15-13)8-9-17(2)3/h4-7H,8-9H2,1-3H3,(H,14,15,16). The first kappa shape index (κ1) is 11.8. The number of nitrogens with zero attached hydrogens (tertiary/aromatic N) is 3. The number of nitrogens with one attached hydrogen (secondary N) is 1. The zero-order chi connectivity index (χ0) is 12.3. The molecule has 1 aromatic heterocycles. The first-order chi connectivity index (χ1) is 8.18. The van der Waals surface area contributed by atoms with E-state index in [1.165, 1.54) is 5.56 Å². The molecule has 2 rings (SSSR count). The average molecular weight is 230 g/mol. The molecule has 1 heterocycles. The lowest BCUT2D eigenvalue weighted by Crippen LogP contribution is -2.15. The van der Waals surface area contributed by atoms with Gasteiger partial charge in [-0.15, -0.1) is 0 Å². The summed E-state index contributed by atoms with van der Waals surface area (Å²) in [5, 5.41) is 11.2. The summed E-state index contributed by atoms with van der Waals surface area (Å²) in [6.07, 6.45) is 0.910. The highest BCUT2D eigenvalue weighted by Gasteiger charge is 2.11. The predicted molar refractivity (Wildman–Crippen MR) is 68.8 cm³/mol. The lowest BCUT2D eigenvalue weighted by molar-refractivity contribution is 0.412. The van der Waals surface area contributed by atoms with Crippen molar-refractivity contribution < 1.29 is 0 Å². The summed E-state index contributed by atoms with van der Waals surface area (Å²) < 4.78 is 0. The van der Waals surface area contributed by atoms with Gasteiger partial charge in [-0.2, -0.15) is 15.4 Å². The molecule has 0 amide bonds. The third-order valence-corrected chi connectivity index (χ3v) is 2.82. The van der Waals surface area contributed by atoms with Gasteiger partial charge in [-0.3, -0.25) is 0 Å². The van der Waals surface area contributed by atoms with Crippen LogP contribution in [0.2, 0.25) is 0 Å². The van der Waals surface area contributed by atoms with E-state index in [2.05, 4.69) is 53.5 Å². The highest BCUT2D eigenvalue weighted by atomic mass is 15.3. The number of benzene rings is 1. The van der Waals surface area contributed by atoms with Crippen LogP contribution in [0.15, 0.2) is 24.3 Å². The van der Waals surface area contributed by atoms with E-state index in [0.29, 0.717) is 0 Å². The molecule has 0 bridgehead atoms. The Labute approximate surface area is 102 Å². The van der Waals surface area contributed by atoms with Crippen LogP contribution in [-0.2, 0) is 6.42 Å². The first-order valence-corrected chi connectivity index (χ1v) is 5.79. The van der Waals surface area contributed by atoms with Gasteiger partial charge >= 0.3 is 0 Å². The second-order valence-corrected chi connectivity index (χ2v) is 4.49. The van der Waals surface area contributed by atoms with Gasteiger partial charge in [0.25, 0.3) is 0 Å². The molecular formula is C13H18N4. The minimum absolute atomic E-state index is 0.910. The molecule has 0 saturated heterocycles. The number of H-pyrrole nitrogens is 1. The number of aryl methyl sites for hydroxylation is 1. The molecule has 0 aliphatic carbocycles. The quantitative estimate of drug-likeness (QED) is 0.872. The minimum Gasteiger partial charge on any atom is -0.309 e. The molecule has 0 saturated carbocycles. The average Bonchev–Trinajstić information content (AvgIpc) is 2.75. The Balaban J connectivity index is 2.28. The summed E-state index contributed by atoms with van der Waals surface area (Å²) in [4.78, 5) is 2.15. The van der Waals surface area contributed by atoms with Crippen LogP contribution >= 0.6 is 0 Å². The van der Waals surface area contributed by atoms with Crippen molar-refractivity contribution in [2.45, 2.75) is 13.3 Å². The van der Waals surface area contributed by atoms with Crippen LogP contribution in [0.5, 0.6) is 0 Å². The van der Waals surface area contributed by atoms with Gasteiger partial charge in [0.2, 0.25) is 0 Å². The number of hydrogen-bond donors (Lipinski definition) is 1. The normalized spacial score (nSPS) is 11.1. The second-order valence-electron chi connectivity index (χ2n) is 4.49. The van der Waals surface area contributed by atoms with Gasteiger partial charge in [0.15, 0.2) is 0 Å². The van der Waals surface area contributed by atoms with Crippen LogP contribution in [0, 0.1) is 6.92 Å². The van der Waals surface area contributed by atoms with E-state index in [4.69, 9.17) is 0 Å². The fourth-order valence-corrected chi connectivity index (χ4v) is 1.81.